The average Bonchev–Trinajstić information content (AvgIpc) is 3.14. The van der Waals surface area contributed by atoms with Gasteiger partial charge in [-0.25, -0.2) is 0 Å². The summed E-state index contributed by atoms with van der Waals surface area (Å²) in [6.07, 6.45) is 6.50. The van der Waals surface area contributed by atoms with E-state index in [2.05, 4.69) is 14.8 Å². The number of nitrogen functional groups attached to an aromatic ring is 1. The summed E-state index contributed by atoms with van der Waals surface area (Å²) in [4.78, 5) is 9.13. The third-order valence-corrected chi connectivity index (χ3v) is 3.70. The maximum absolute atomic E-state index is 5.77. The van der Waals surface area contributed by atoms with Gasteiger partial charge in [0.25, 0.3) is 0 Å². The Morgan fingerprint density at radius 2 is 1.94 bits per heavy atom. The largest absolute Gasteiger partial charge is 0.397 e. The fraction of sp³-hybridized carbons (Fsp3) is 0.615. The van der Waals surface area contributed by atoms with Crippen molar-refractivity contribution in [3.63, 3.8) is 0 Å². The second kappa shape index (κ2) is 4.53. The Hall–Kier alpha value is -1.29. The number of piperazine rings is 1. The number of nitrogens with zero attached hydrogens (tertiary/aromatic N) is 3. The van der Waals surface area contributed by atoms with Gasteiger partial charge in [0.05, 0.1) is 17.6 Å². The number of hydrogen-bond acceptors (Lipinski definition) is 4. The number of rotatable bonds is 3. The van der Waals surface area contributed by atoms with E-state index in [-0.39, 0.29) is 0 Å². The van der Waals surface area contributed by atoms with Gasteiger partial charge in [0, 0.05) is 38.9 Å². The van der Waals surface area contributed by atoms with Crippen molar-refractivity contribution in [2.75, 3.05) is 43.4 Å². The molecular weight excluding hydrogens is 212 g/mol. The molecule has 0 amide bonds. The zero-order valence-corrected chi connectivity index (χ0v) is 10.2. The molecule has 3 rings (SSSR count). The monoisotopic (exact) mass is 232 g/mol. The van der Waals surface area contributed by atoms with E-state index in [9.17, 15) is 0 Å². The summed E-state index contributed by atoms with van der Waals surface area (Å²) in [6.45, 7) is 5.84. The van der Waals surface area contributed by atoms with Crippen LogP contribution in [0.1, 0.15) is 12.8 Å². The van der Waals surface area contributed by atoms with Crippen LogP contribution in [0, 0.1) is 5.92 Å². The Morgan fingerprint density at radius 3 is 2.59 bits per heavy atom. The smallest absolute Gasteiger partial charge is 0.0574 e. The van der Waals surface area contributed by atoms with Gasteiger partial charge >= 0.3 is 0 Å². The zero-order valence-electron chi connectivity index (χ0n) is 10.2. The molecule has 17 heavy (non-hydrogen) atoms. The molecule has 2 fully saturated rings. The van der Waals surface area contributed by atoms with Crippen LogP contribution in [0.25, 0.3) is 0 Å². The first-order valence-corrected chi connectivity index (χ1v) is 6.49. The normalized spacial score (nSPS) is 21.8. The van der Waals surface area contributed by atoms with E-state index in [1.165, 1.54) is 32.5 Å². The summed E-state index contributed by atoms with van der Waals surface area (Å²) < 4.78 is 0. The lowest BCUT2D eigenvalue weighted by Crippen LogP contribution is -2.47. The molecule has 4 nitrogen and oxygen atoms in total. The summed E-state index contributed by atoms with van der Waals surface area (Å²) in [7, 11) is 0. The molecule has 1 aliphatic carbocycles. The van der Waals surface area contributed by atoms with Gasteiger partial charge in [-0.05, 0) is 24.8 Å². The van der Waals surface area contributed by atoms with Gasteiger partial charge in [0.1, 0.15) is 0 Å². The Bertz CT molecular complexity index is 381. The van der Waals surface area contributed by atoms with Gasteiger partial charge in [-0.1, -0.05) is 0 Å². The molecule has 1 aliphatic heterocycles. The van der Waals surface area contributed by atoms with Gasteiger partial charge in [0.2, 0.25) is 0 Å². The molecule has 1 aromatic rings. The second-order valence-corrected chi connectivity index (χ2v) is 5.21. The molecule has 0 aromatic carbocycles. The van der Waals surface area contributed by atoms with Crippen molar-refractivity contribution in [3.05, 3.63) is 18.5 Å². The van der Waals surface area contributed by atoms with Crippen molar-refractivity contribution in [2.45, 2.75) is 12.8 Å². The number of anilines is 2. The lowest BCUT2D eigenvalue weighted by molar-refractivity contribution is 0.248. The third-order valence-electron chi connectivity index (χ3n) is 3.70. The van der Waals surface area contributed by atoms with E-state index >= 15 is 0 Å². The van der Waals surface area contributed by atoms with Crippen molar-refractivity contribution < 1.29 is 0 Å². The summed E-state index contributed by atoms with van der Waals surface area (Å²) in [6, 6.07) is 2.02. The van der Waals surface area contributed by atoms with E-state index in [1.54, 1.807) is 6.20 Å². The molecule has 1 saturated heterocycles. The summed E-state index contributed by atoms with van der Waals surface area (Å²) in [5, 5.41) is 0. The Morgan fingerprint density at radius 1 is 1.18 bits per heavy atom. The lowest BCUT2D eigenvalue weighted by atomic mass is 10.2. The maximum Gasteiger partial charge on any atom is 0.0574 e. The Balaban J connectivity index is 1.56. The minimum Gasteiger partial charge on any atom is -0.397 e. The van der Waals surface area contributed by atoms with Crippen LogP contribution in [0.5, 0.6) is 0 Å². The summed E-state index contributed by atoms with van der Waals surface area (Å²) in [5.41, 5.74) is 7.68. The highest BCUT2D eigenvalue weighted by Gasteiger charge is 2.26. The molecule has 2 aliphatic rings. The van der Waals surface area contributed by atoms with Crippen molar-refractivity contribution in [2.24, 2.45) is 5.92 Å². The van der Waals surface area contributed by atoms with Gasteiger partial charge in [-0.2, -0.15) is 0 Å². The SMILES string of the molecule is Nc1cncc(N2CCN(CC3CC3)CC2)c1. The summed E-state index contributed by atoms with van der Waals surface area (Å²) >= 11 is 0. The molecule has 1 saturated carbocycles. The second-order valence-electron chi connectivity index (χ2n) is 5.21. The Kier molecular flexibility index (Phi) is 2.89. The van der Waals surface area contributed by atoms with Crippen LogP contribution in [0.15, 0.2) is 18.5 Å². The van der Waals surface area contributed by atoms with E-state index in [0.717, 1.165) is 30.4 Å². The molecular formula is C13H20N4. The molecule has 0 atom stereocenters. The van der Waals surface area contributed by atoms with E-state index in [1.807, 2.05) is 12.3 Å². The Labute approximate surface area is 102 Å². The molecule has 92 valence electrons. The van der Waals surface area contributed by atoms with Gasteiger partial charge in [-0.3, -0.25) is 9.88 Å². The molecule has 2 N–H and O–H groups in total. The lowest BCUT2D eigenvalue weighted by Gasteiger charge is -2.36. The minimum absolute atomic E-state index is 0.753. The van der Waals surface area contributed by atoms with Gasteiger partial charge < -0.3 is 10.6 Å². The fourth-order valence-electron chi connectivity index (χ4n) is 2.47. The predicted molar refractivity (Wildman–Crippen MR) is 70.0 cm³/mol. The quantitative estimate of drug-likeness (QED) is 0.850. The number of pyridine rings is 1. The van der Waals surface area contributed by atoms with Crippen LogP contribution < -0.4 is 10.6 Å². The van der Waals surface area contributed by atoms with Gasteiger partial charge in [-0.15, -0.1) is 0 Å². The molecule has 0 bridgehead atoms. The molecule has 4 heteroatoms. The van der Waals surface area contributed by atoms with Crippen LogP contribution in [0.4, 0.5) is 11.4 Å². The zero-order chi connectivity index (χ0) is 11.7. The van der Waals surface area contributed by atoms with Crippen molar-refractivity contribution in [3.8, 4) is 0 Å². The van der Waals surface area contributed by atoms with Crippen molar-refractivity contribution in [1.29, 1.82) is 0 Å². The molecule has 2 heterocycles. The van der Waals surface area contributed by atoms with Crippen molar-refractivity contribution in [1.82, 2.24) is 9.88 Å². The van der Waals surface area contributed by atoms with Crippen LogP contribution in [0.3, 0.4) is 0 Å². The highest BCUT2D eigenvalue weighted by Crippen LogP contribution is 2.30. The number of aromatic nitrogens is 1. The van der Waals surface area contributed by atoms with Crippen LogP contribution in [-0.2, 0) is 0 Å². The predicted octanol–water partition coefficient (Wildman–Crippen LogP) is 1.20. The third kappa shape index (κ3) is 2.69. The first-order chi connectivity index (χ1) is 8.31. The van der Waals surface area contributed by atoms with Crippen LogP contribution in [0.2, 0.25) is 0 Å². The molecule has 0 unspecified atom stereocenters. The number of nitrogens with two attached hydrogens (primary N) is 1. The molecule has 0 spiro atoms. The fourth-order valence-corrected chi connectivity index (χ4v) is 2.47. The van der Waals surface area contributed by atoms with Crippen LogP contribution >= 0.6 is 0 Å². The van der Waals surface area contributed by atoms with E-state index in [4.69, 9.17) is 5.73 Å². The van der Waals surface area contributed by atoms with E-state index < -0.39 is 0 Å². The average molecular weight is 232 g/mol. The van der Waals surface area contributed by atoms with Crippen LogP contribution in [-0.4, -0.2) is 42.6 Å². The topological polar surface area (TPSA) is 45.4 Å². The van der Waals surface area contributed by atoms with Gasteiger partial charge in [0.15, 0.2) is 0 Å². The highest BCUT2D eigenvalue weighted by atomic mass is 15.3. The van der Waals surface area contributed by atoms with E-state index in [0.29, 0.717) is 0 Å². The number of hydrogen-bond donors (Lipinski definition) is 1. The molecule has 1 aromatic heterocycles. The first kappa shape index (κ1) is 10.8. The first-order valence-electron chi connectivity index (χ1n) is 6.49. The standard InChI is InChI=1S/C13H20N4/c14-12-7-13(9-15-8-12)17-5-3-16(4-6-17)10-11-1-2-11/h7-9,11H,1-6,10,14H2. The maximum atomic E-state index is 5.77. The minimum atomic E-state index is 0.753. The highest BCUT2D eigenvalue weighted by molar-refractivity contribution is 5.53. The molecule has 0 radical (unpaired) electrons. The van der Waals surface area contributed by atoms with Crippen molar-refractivity contribution >= 4 is 11.4 Å². The summed E-state index contributed by atoms with van der Waals surface area (Å²) in [5.74, 6) is 0.996.